The van der Waals surface area contributed by atoms with Crippen LogP contribution in [0.2, 0.25) is 0 Å². The molecule has 2 nitrogen and oxygen atoms in total. The zero-order valence-electron chi connectivity index (χ0n) is 9.47. The highest BCUT2D eigenvalue weighted by molar-refractivity contribution is 9.10. The number of benzene rings is 1. The number of nitrogens with one attached hydrogen (secondary N) is 1. The third kappa shape index (κ3) is 3.16. The molecule has 5 heteroatoms. The first-order chi connectivity index (χ1) is 8.06. The zero-order chi connectivity index (χ0) is 12.4. The molecule has 1 saturated heterocycles. The van der Waals surface area contributed by atoms with Crippen LogP contribution >= 0.6 is 15.9 Å². The van der Waals surface area contributed by atoms with Crippen molar-refractivity contribution in [3.05, 3.63) is 28.2 Å². The van der Waals surface area contributed by atoms with Crippen molar-refractivity contribution in [2.45, 2.75) is 32.0 Å². The van der Waals surface area contributed by atoms with Crippen LogP contribution < -0.4 is 5.32 Å². The first-order valence-electron chi connectivity index (χ1n) is 5.60. The minimum Gasteiger partial charge on any atom is -0.380 e. The van der Waals surface area contributed by atoms with Crippen molar-refractivity contribution < 1.29 is 13.5 Å². The molecule has 2 rings (SSSR count). The molecule has 17 heavy (non-hydrogen) atoms. The summed E-state index contributed by atoms with van der Waals surface area (Å²) < 4.78 is 32.3. The van der Waals surface area contributed by atoms with Crippen molar-refractivity contribution in [2.75, 3.05) is 11.9 Å². The topological polar surface area (TPSA) is 21.3 Å². The van der Waals surface area contributed by atoms with Gasteiger partial charge in [0.05, 0.1) is 22.4 Å². The van der Waals surface area contributed by atoms with E-state index in [2.05, 4.69) is 21.2 Å². The Hall–Kier alpha value is -0.680. The van der Waals surface area contributed by atoms with Crippen LogP contribution in [0.1, 0.15) is 19.8 Å². The molecule has 0 radical (unpaired) electrons. The monoisotopic (exact) mass is 305 g/mol. The van der Waals surface area contributed by atoms with E-state index < -0.39 is 11.6 Å². The summed E-state index contributed by atoms with van der Waals surface area (Å²) >= 11 is 3.03. The van der Waals surface area contributed by atoms with Crippen LogP contribution in [-0.2, 0) is 4.74 Å². The lowest BCUT2D eigenvalue weighted by Gasteiger charge is -2.14. The van der Waals surface area contributed by atoms with E-state index in [0.717, 1.165) is 18.9 Å². The van der Waals surface area contributed by atoms with Crippen LogP contribution in [-0.4, -0.2) is 18.8 Å². The van der Waals surface area contributed by atoms with Gasteiger partial charge in [0, 0.05) is 12.6 Å². The summed E-state index contributed by atoms with van der Waals surface area (Å²) in [4.78, 5) is 0. The molecule has 0 spiro atoms. The molecule has 0 aliphatic carbocycles. The number of anilines is 1. The molecule has 1 aliphatic heterocycles. The molecule has 2 atom stereocenters. The molecule has 1 aromatic carbocycles. The molecule has 0 saturated carbocycles. The van der Waals surface area contributed by atoms with Crippen LogP contribution in [0.15, 0.2) is 16.6 Å². The van der Waals surface area contributed by atoms with E-state index in [1.165, 1.54) is 6.07 Å². The summed E-state index contributed by atoms with van der Waals surface area (Å²) in [6.45, 7) is 2.56. The van der Waals surface area contributed by atoms with Crippen molar-refractivity contribution in [1.82, 2.24) is 0 Å². The van der Waals surface area contributed by atoms with Crippen molar-refractivity contribution >= 4 is 21.6 Å². The maximum Gasteiger partial charge on any atom is 0.149 e. The Morgan fingerprint density at radius 2 is 2.12 bits per heavy atom. The quantitative estimate of drug-likeness (QED) is 0.860. The number of ether oxygens (including phenoxy) is 1. The molecule has 1 heterocycles. The summed E-state index contributed by atoms with van der Waals surface area (Å²) in [6, 6.07) is 2.27. The van der Waals surface area contributed by atoms with E-state index >= 15 is 0 Å². The molecule has 1 aliphatic rings. The van der Waals surface area contributed by atoms with Crippen molar-refractivity contribution in [2.24, 2.45) is 0 Å². The SMILES string of the molecule is CC1CCC(CNc2cc(Br)c(F)cc2F)O1. The van der Waals surface area contributed by atoms with Crippen molar-refractivity contribution in [3.63, 3.8) is 0 Å². The Morgan fingerprint density at radius 3 is 2.76 bits per heavy atom. The maximum atomic E-state index is 13.4. The van der Waals surface area contributed by atoms with Gasteiger partial charge in [-0.3, -0.25) is 0 Å². The van der Waals surface area contributed by atoms with Gasteiger partial charge in [0.15, 0.2) is 0 Å². The van der Waals surface area contributed by atoms with Crippen LogP contribution in [0.4, 0.5) is 14.5 Å². The normalized spacial score (nSPS) is 24.0. The predicted octanol–water partition coefficient (Wildman–Crippen LogP) is 3.71. The Bertz CT molecular complexity index is 414. The fourth-order valence-corrected chi connectivity index (χ4v) is 2.26. The zero-order valence-corrected chi connectivity index (χ0v) is 11.1. The second-order valence-electron chi connectivity index (χ2n) is 4.27. The first kappa shape index (κ1) is 12.8. The Kier molecular flexibility index (Phi) is 3.99. The molecule has 2 unspecified atom stereocenters. The number of hydrogen-bond acceptors (Lipinski definition) is 2. The third-order valence-electron chi connectivity index (χ3n) is 2.85. The van der Waals surface area contributed by atoms with E-state index in [1.807, 2.05) is 6.92 Å². The minimum atomic E-state index is -0.598. The standard InChI is InChI=1S/C12H14BrF2NO/c1-7-2-3-8(17-7)6-16-12-4-9(13)10(14)5-11(12)15/h4-5,7-8,16H,2-3,6H2,1H3. The maximum absolute atomic E-state index is 13.4. The van der Waals surface area contributed by atoms with E-state index in [4.69, 9.17) is 4.74 Å². The van der Waals surface area contributed by atoms with Gasteiger partial charge in [-0.15, -0.1) is 0 Å². The van der Waals surface area contributed by atoms with Gasteiger partial charge in [0.25, 0.3) is 0 Å². The number of hydrogen-bond donors (Lipinski definition) is 1. The van der Waals surface area contributed by atoms with Crippen molar-refractivity contribution in [3.8, 4) is 0 Å². The van der Waals surface area contributed by atoms with Crippen LogP contribution in [0.5, 0.6) is 0 Å². The highest BCUT2D eigenvalue weighted by Gasteiger charge is 2.21. The average molecular weight is 306 g/mol. The van der Waals surface area contributed by atoms with Gasteiger partial charge in [0.2, 0.25) is 0 Å². The lowest BCUT2D eigenvalue weighted by Crippen LogP contribution is -2.20. The van der Waals surface area contributed by atoms with Gasteiger partial charge in [-0.2, -0.15) is 0 Å². The van der Waals surface area contributed by atoms with Crippen LogP contribution in [0, 0.1) is 11.6 Å². The third-order valence-corrected chi connectivity index (χ3v) is 3.46. The van der Waals surface area contributed by atoms with E-state index in [-0.39, 0.29) is 16.7 Å². The van der Waals surface area contributed by atoms with E-state index in [0.29, 0.717) is 12.2 Å². The molecule has 0 aromatic heterocycles. The number of halogens is 3. The first-order valence-corrected chi connectivity index (χ1v) is 6.39. The highest BCUT2D eigenvalue weighted by Crippen LogP contribution is 2.25. The molecular weight excluding hydrogens is 292 g/mol. The Labute approximate surface area is 107 Å². The molecule has 1 N–H and O–H groups in total. The minimum absolute atomic E-state index is 0.105. The smallest absolute Gasteiger partial charge is 0.149 e. The number of rotatable bonds is 3. The van der Waals surface area contributed by atoms with Gasteiger partial charge >= 0.3 is 0 Å². The van der Waals surface area contributed by atoms with E-state index in [1.54, 1.807) is 0 Å². The fraction of sp³-hybridized carbons (Fsp3) is 0.500. The van der Waals surface area contributed by atoms with Gasteiger partial charge in [-0.1, -0.05) is 0 Å². The van der Waals surface area contributed by atoms with Gasteiger partial charge in [0.1, 0.15) is 11.6 Å². The molecular formula is C12H14BrF2NO. The summed E-state index contributed by atoms with van der Waals surface area (Å²) in [7, 11) is 0. The van der Waals surface area contributed by atoms with Gasteiger partial charge in [-0.25, -0.2) is 8.78 Å². The van der Waals surface area contributed by atoms with Crippen molar-refractivity contribution in [1.29, 1.82) is 0 Å². The van der Waals surface area contributed by atoms with Crippen LogP contribution in [0.3, 0.4) is 0 Å². The summed E-state index contributed by atoms with van der Waals surface area (Å²) in [6.07, 6.45) is 2.37. The summed E-state index contributed by atoms with van der Waals surface area (Å²) in [5.74, 6) is -1.18. The lowest BCUT2D eigenvalue weighted by atomic mass is 10.2. The lowest BCUT2D eigenvalue weighted by molar-refractivity contribution is 0.0636. The molecule has 0 bridgehead atoms. The molecule has 94 valence electrons. The second-order valence-corrected chi connectivity index (χ2v) is 5.13. The van der Waals surface area contributed by atoms with Crippen LogP contribution in [0.25, 0.3) is 0 Å². The van der Waals surface area contributed by atoms with E-state index in [9.17, 15) is 8.78 Å². The predicted molar refractivity (Wildman–Crippen MR) is 66.1 cm³/mol. The molecule has 1 fully saturated rings. The Morgan fingerprint density at radius 1 is 1.35 bits per heavy atom. The second kappa shape index (κ2) is 5.31. The highest BCUT2D eigenvalue weighted by atomic mass is 79.9. The largest absolute Gasteiger partial charge is 0.380 e. The molecule has 0 amide bonds. The van der Waals surface area contributed by atoms with Gasteiger partial charge in [-0.05, 0) is 41.8 Å². The summed E-state index contributed by atoms with van der Waals surface area (Å²) in [5, 5.41) is 2.95. The molecule has 1 aromatic rings. The average Bonchev–Trinajstić information content (AvgIpc) is 2.68. The fourth-order valence-electron chi connectivity index (χ4n) is 1.92. The summed E-state index contributed by atoms with van der Waals surface area (Å²) in [5.41, 5.74) is 0.293. The Balaban J connectivity index is 1.97. The van der Waals surface area contributed by atoms with Gasteiger partial charge < -0.3 is 10.1 Å².